The Labute approximate surface area is 118 Å². The molecule has 1 aliphatic rings. The minimum Gasteiger partial charge on any atom is -0.328 e. The quantitative estimate of drug-likeness (QED) is 0.934. The maximum atomic E-state index is 4.85. The van der Waals surface area contributed by atoms with Gasteiger partial charge in [0.15, 0.2) is 0 Å². The van der Waals surface area contributed by atoms with E-state index in [9.17, 15) is 0 Å². The summed E-state index contributed by atoms with van der Waals surface area (Å²) in [6.45, 7) is 6.45. The summed E-state index contributed by atoms with van der Waals surface area (Å²) in [5.41, 5.74) is 3.69. The Kier molecular flexibility index (Phi) is 3.80. The molecule has 0 bridgehead atoms. The summed E-state index contributed by atoms with van der Waals surface area (Å²) in [5, 5.41) is 3.60. The van der Waals surface area contributed by atoms with E-state index in [4.69, 9.17) is 4.98 Å². The lowest BCUT2D eigenvalue weighted by Gasteiger charge is -2.23. The Balaban J connectivity index is 1.93. The van der Waals surface area contributed by atoms with Crippen LogP contribution in [0.25, 0.3) is 11.0 Å². The van der Waals surface area contributed by atoms with E-state index in [-0.39, 0.29) is 0 Å². The Bertz CT molecular complexity index is 570. The van der Waals surface area contributed by atoms with Crippen LogP contribution in [0.3, 0.4) is 0 Å². The van der Waals surface area contributed by atoms with Gasteiger partial charge in [-0.25, -0.2) is 4.98 Å². The molecule has 2 aromatic rings. The SMILES string of the molecule is CCn1c(CC2CSCCN2)nc2cc(C)ccc21. The third-order valence-electron chi connectivity index (χ3n) is 3.73. The number of aryl methyl sites for hydroxylation is 2. The van der Waals surface area contributed by atoms with E-state index >= 15 is 0 Å². The molecular formula is C15H21N3S. The van der Waals surface area contributed by atoms with Crippen LogP contribution in [0.5, 0.6) is 0 Å². The number of hydrogen-bond donors (Lipinski definition) is 1. The fraction of sp³-hybridized carbons (Fsp3) is 0.533. The number of hydrogen-bond acceptors (Lipinski definition) is 3. The third kappa shape index (κ3) is 2.65. The molecule has 1 aromatic heterocycles. The highest BCUT2D eigenvalue weighted by molar-refractivity contribution is 7.99. The van der Waals surface area contributed by atoms with Gasteiger partial charge in [0.1, 0.15) is 5.82 Å². The lowest BCUT2D eigenvalue weighted by atomic mass is 10.2. The number of aromatic nitrogens is 2. The van der Waals surface area contributed by atoms with Crippen LogP contribution in [0, 0.1) is 6.92 Å². The van der Waals surface area contributed by atoms with E-state index in [1.807, 2.05) is 11.8 Å². The average Bonchev–Trinajstić information content (AvgIpc) is 2.76. The number of nitrogens with zero attached hydrogens (tertiary/aromatic N) is 2. The van der Waals surface area contributed by atoms with Gasteiger partial charge in [-0.3, -0.25) is 0 Å². The Morgan fingerprint density at radius 3 is 3.11 bits per heavy atom. The van der Waals surface area contributed by atoms with E-state index in [0.29, 0.717) is 6.04 Å². The minimum absolute atomic E-state index is 0.571. The van der Waals surface area contributed by atoms with E-state index < -0.39 is 0 Å². The number of rotatable bonds is 3. The molecule has 4 heteroatoms. The van der Waals surface area contributed by atoms with Crippen LogP contribution in [0.4, 0.5) is 0 Å². The van der Waals surface area contributed by atoms with Crippen molar-refractivity contribution in [3.8, 4) is 0 Å². The lowest BCUT2D eigenvalue weighted by molar-refractivity contribution is 0.537. The average molecular weight is 275 g/mol. The molecule has 0 amide bonds. The molecule has 0 radical (unpaired) electrons. The smallest absolute Gasteiger partial charge is 0.111 e. The van der Waals surface area contributed by atoms with E-state index in [1.54, 1.807) is 0 Å². The van der Waals surface area contributed by atoms with Gasteiger partial charge >= 0.3 is 0 Å². The fourth-order valence-electron chi connectivity index (χ4n) is 2.77. The maximum Gasteiger partial charge on any atom is 0.111 e. The summed E-state index contributed by atoms with van der Waals surface area (Å²) in [4.78, 5) is 4.85. The highest BCUT2D eigenvalue weighted by atomic mass is 32.2. The molecule has 1 fully saturated rings. The second kappa shape index (κ2) is 5.55. The van der Waals surface area contributed by atoms with Crippen LogP contribution >= 0.6 is 11.8 Å². The van der Waals surface area contributed by atoms with Gasteiger partial charge in [0.25, 0.3) is 0 Å². The van der Waals surface area contributed by atoms with Crippen molar-refractivity contribution in [1.82, 2.24) is 14.9 Å². The Morgan fingerprint density at radius 1 is 1.47 bits per heavy atom. The predicted molar refractivity (Wildman–Crippen MR) is 83.0 cm³/mol. The van der Waals surface area contributed by atoms with Gasteiger partial charge in [0.2, 0.25) is 0 Å². The van der Waals surface area contributed by atoms with Crippen molar-refractivity contribution in [1.29, 1.82) is 0 Å². The summed E-state index contributed by atoms with van der Waals surface area (Å²) in [6.07, 6.45) is 1.04. The van der Waals surface area contributed by atoms with Crippen molar-refractivity contribution in [2.75, 3.05) is 18.1 Å². The van der Waals surface area contributed by atoms with Crippen molar-refractivity contribution in [3.63, 3.8) is 0 Å². The largest absolute Gasteiger partial charge is 0.328 e. The summed E-state index contributed by atoms with van der Waals surface area (Å²) in [5.74, 6) is 3.66. The van der Waals surface area contributed by atoms with Crippen LogP contribution < -0.4 is 5.32 Å². The van der Waals surface area contributed by atoms with Gasteiger partial charge in [0.05, 0.1) is 11.0 Å². The number of fused-ring (bicyclic) bond motifs is 1. The molecule has 102 valence electrons. The summed E-state index contributed by atoms with van der Waals surface area (Å²) >= 11 is 2.05. The van der Waals surface area contributed by atoms with Gasteiger partial charge in [-0.05, 0) is 31.5 Å². The minimum atomic E-state index is 0.571. The molecule has 1 aliphatic heterocycles. The highest BCUT2D eigenvalue weighted by Crippen LogP contribution is 2.20. The van der Waals surface area contributed by atoms with Crippen molar-refractivity contribution in [3.05, 3.63) is 29.6 Å². The molecule has 0 saturated carbocycles. The van der Waals surface area contributed by atoms with Crippen molar-refractivity contribution in [2.45, 2.75) is 32.9 Å². The molecular weight excluding hydrogens is 254 g/mol. The molecule has 3 nitrogen and oxygen atoms in total. The third-order valence-corrected chi connectivity index (χ3v) is 4.86. The van der Waals surface area contributed by atoms with E-state index in [1.165, 1.54) is 28.4 Å². The second-order valence-electron chi connectivity index (χ2n) is 5.19. The Morgan fingerprint density at radius 2 is 2.37 bits per heavy atom. The van der Waals surface area contributed by atoms with Crippen molar-refractivity contribution < 1.29 is 0 Å². The fourth-order valence-corrected chi connectivity index (χ4v) is 3.72. The van der Waals surface area contributed by atoms with Gasteiger partial charge in [-0.15, -0.1) is 0 Å². The molecule has 1 atom stereocenters. The van der Waals surface area contributed by atoms with Gasteiger partial charge in [-0.1, -0.05) is 6.07 Å². The lowest BCUT2D eigenvalue weighted by Crippen LogP contribution is -2.39. The Hall–Kier alpha value is -1.00. The van der Waals surface area contributed by atoms with Crippen LogP contribution in [0.15, 0.2) is 18.2 Å². The second-order valence-corrected chi connectivity index (χ2v) is 6.34. The number of imidazole rings is 1. The van der Waals surface area contributed by atoms with Gasteiger partial charge < -0.3 is 9.88 Å². The maximum absolute atomic E-state index is 4.85. The standard InChI is InChI=1S/C15H21N3S/c1-3-18-14-5-4-11(2)8-13(14)17-15(18)9-12-10-19-7-6-16-12/h4-5,8,12,16H,3,6-7,9-10H2,1-2H3. The van der Waals surface area contributed by atoms with Crippen molar-refractivity contribution in [2.24, 2.45) is 0 Å². The van der Waals surface area contributed by atoms with Crippen LogP contribution in [0.1, 0.15) is 18.3 Å². The molecule has 3 rings (SSSR count). The van der Waals surface area contributed by atoms with Crippen LogP contribution in [0.2, 0.25) is 0 Å². The van der Waals surface area contributed by atoms with E-state index in [2.05, 4.69) is 41.9 Å². The molecule has 1 aromatic carbocycles. The molecule has 0 spiro atoms. The predicted octanol–water partition coefficient (Wildman–Crippen LogP) is 2.61. The molecule has 1 unspecified atom stereocenters. The summed E-state index contributed by atoms with van der Waals surface area (Å²) in [6, 6.07) is 7.14. The normalized spacial score (nSPS) is 20.0. The van der Waals surface area contributed by atoms with E-state index in [0.717, 1.165) is 25.0 Å². The highest BCUT2D eigenvalue weighted by Gasteiger charge is 2.17. The summed E-state index contributed by atoms with van der Waals surface area (Å²) < 4.78 is 2.36. The molecule has 19 heavy (non-hydrogen) atoms. The number of nitrogens with one attached hydrogen (secondary N) is 1. The summed E-state index contributed by atoms with van der Waals surface area (Å²) in [7, 11) is 0. The number of benzene rings is 1. The van der Waals surface area contributed by atoms with Gasteiger partial charge in [-0.2, -0.15) is 11.8 Å². The zero-order valence-electron chi connectivity index (χ0n) is 11.6. The first-order valence-corrected chi connectivity index (χ1v) is 8.20. The molecule has 1 N–H and O–H groups in total. The zero-order chi connectivity index (χ0) is 13.2. The first kappa shape index (κ1) is 13.0. The van der Waals surface area contributed by atoms with Crippen LogP contribution in [-0.4, -0.2) is 33.6 Å². The van der Waals surface area contributed by atoms with Crippen molar-refractivity contribution >= 4 is 22.8 Å². The molecule has 1 saturated heterocycles. The number of thioether (sulfide) groups is 1. The zero-order valence-corrected chi connectivity index (χ0v) is 12.5. The first-order valence-electron chi connectivity index (χ1n) is 7.05. The first-order chi connectivity index (χ1) is 9.28. The van der Waals surface area contributed by atoms with Gasteiger partial charge in [0, 0.05) is 37.1 Å². The van der Waals surface area contributed by atoms with Crippen LogP contribution in [-0.2, 0) is 13.0 Å². The molecule has 0 aliphatic carbocycles. The molecule has 2 heterocycles. The monoisotopic (exact) mass is 275 g/mol. The topological polar surface area (TPSA) is 29.9 Å².